The summed E-state index contributed by atoms with van der Waals surface area (Å²) in [5.74, 6) is -0.279. The van der Waals surface area contributed by atoms with Crippen molar-refractivity contribution >= 4 is 5.91 Å². The summed E-state index contributed by atoms with van der Waals surface area (Å²) in [5.41, 5.74) is -0.524. The van der Waals surface area contributed by atoms with Crippen molar-refractivity contribution in [1.82, 2.24) is 9.88 Å². The molecule has 0 spiro atoms. The van der Waals surface area contributed by atoms with Crippen molar-refractivity contribution in [1.29, 1.82) is 0 Å². The predicted octanol–water partition coefficient (Wildman–Crippen LogP) is 1.82. The fourth-order valence-electron chi connectivity index (χ4n) is 2.67. The Morgan fingerprint density at radius 2 is 1.89 bits per heavy atom. The van der Waals surface area contributed by atoms with E-state index < -0.39 is 11.2 Å². The number of pyridine rings is 1. The van der Waals surface area contributed by atoms with E-state index in [0.717, 1.165) is 0 Å². The molecular weight excluding hydrogens is 244 g/mol. The van der Waals surface area contributed by atoms with Crippen LogP contribution in [0.5, 0.6) is 5.75 Å². The number of carbonyl (C=O) groups is 1. The van der Waals surface area contributed by atoms with Gasteiger partial charge in [0.05, 0.1) is 23.0 Å². The maximum absolute atomic E-state index is 12.5. The molecule has 5 nitrogen and oxygen atoms in total. The number of hydrogen-bond donors (Lipinski definition) is 1. The van der Waals surface area contributed by atoms with Gasteiger partial charge < -0.3 is 14.7 Å². The normalized spacial score (nSPS) is 21.2. The summed E-state index contributed by atoms with van der Waals surface area (Å²) in [6.07, 6.45) is 2.79. The zero-order valence-corrected chi connectivity index (χ0v) is 11.8. The molecule has 2 rings (SSSR count). The van der Waals surface area contributed by atoms with Gasteiger partial charge in [0.15, 0.2) is 0 Å². The summed E-state index contributed by atoms with van der Waals surface area (Å²) >= 11 is 0. The third-order valence-corrected chi connectivity index (χ3v) is 3.01. The molecule has 0 radical (unpaired) electrons. The second kappa shape index (κ2) is 4.49. The molecule has 0 atom stereocenters. The molecule has 19 heavy (non-hydrogen) atoms. The second-order valence-electron chi connectivity index (χ2n) is 6.18. The van der Waals surface area contributed by atoms with Gasteiger partial charge in [0, 0.05) is 19.3 Å². The van der Waals surface area contributed by atoms with Crippen LogP contribution in [0.2, 0.25) is 0 Å². The first-order valence-electron chi connectivity index (χ1n) is 6.33. The molecule has 1 N–H and O–H groups in total. The number of aromatic nitrogens is 1. The highest BCUT2D eigenvalue weighted by Crippen LogP contribution is 2.29. The van der Waals surface area contributed by atoms with Crippen molar-refractivity contribution in [2.24, 2.45) is 0 Å². The summed E-state index contributed by atoms with van der Waals surface area (Å²) in [7, 11) is 0. The van der Waals surface area contributed by atoms with E-state index in [4.69, 9.17) is 4.74 Å². The summed E-state index contributed by atoms with van der Waals surface area (Å²) < 4.78 is 5.94. The van der Waals surface area contributed by atoms with Crippen molar-refractivity contribution < 1.29 is 14.6 Å². The summed E-state index contributed by atoms with van der Waals surface area (Å²) in [6.45, 7) is 8.83. The molecule has 2 heterocycles. The van der Waals surface area contributed by atoms with E-state index in [9.17, 15) is 9.90 Å². The minimum absolute atomic E-state index is 0.0883. The number of aromatic hydroxyl groups is 1. The Morgan fingerprint density at radius 3 is 2.42 bits per heavy atom. The van der Waals surface area contributed by atoms with Gasteiger partial charge in [0.1, 0.15) is 5.75 Å². The van der Waals surface area contributed by atoms with Crippen LogP contribution in [-0.4, -0.2) is 45.2 Å². The third kappa shape index (κ3) is 3.04. The Labute approximate surface area is 113 Å². The van der Waals surface area contributed by atoms with Crippen LogP contribution < -0.4 is 0 Å². The number of morpholine rings is 1. The fraction of sp³-hybridized carbons (Fsp3) is 0.571. The molecular formula is C14H20N2O3. The van der Waals surface area contributed by atoms with Gasteiger partial charge in [-0.1, -0.05) is 0 Å². The molecule has 1 aliphatic heterocycles. The number of hydrogen-bond acceptors (Lipinski definition) is 4. The Kier molecular flexibility index (Phi) is 3.26. The average Bonchev–Trinajstić information content (AvgIpc) is 2.24. The molecule has 1 saturated heterocycles. The maximum Gasteiger partial charge on any atom is 0.257 e. The molecule has 0 aliphatic carbocycles. The van der Waals surface area contributed by atoms with Gasteiger partial charge in [-0.05, 0) is 33.8 Å². The molecule has 1 aromatic rings. The largest absolute Gasteiger partial charge is 0.505 e. The van der Waals surface area contributed by atoms with Crippen LogP contribution in [0.1, 0.15) is 38.1 Å². The van der Waals surface area contributed by atoms with Crippen LogP contribution in [0.3, 0.4) is 0 Å². The average molecular weight is 264 g/mol. The molecule has 5 heteroatoms. The van der Waals surface area contributed by atoms with Gasteiger partial charge in [-0.3, -0.25) is 9.78 Å². The Hall–Kier alpha value is -1.62. The number of rotatable bonds is 1. The van der Waals surface area contributed by atoms with E-state index in [0.29, 0.717) is 13.1 Å². The quantitative estimate of drug-likeness (QED) is 0.840. The van der Waals surface area contributed by atoms with E-state index in [1.54, 1.807) is 4.90 Å². The molecule has 0 aromatic carbocycles. The topological polar surface area (TPSA) is 62.7 Å². The molecule has 1 aromatic heterocycles. The molecule has 0 unspecified atom stereocenters. The van der Waals surface area contributed by atoms with E-state index >= 15 is 0 Å². The minimum Gasteiger partial charge on any atom is -0.505 e. The molecule has 1 aliphatic rings. The second-order valence-corrected chi connectivity index (χ2v) is 6.18. The monoisotopic (exact) mass is 264 g/mol. The SMILES string of the molecule is CC1(C)CN(C(=O)c2ccncc2O)CC(C)(C)O1. The zero-order valence-electron chi connectivity index (χ0n) is 11.8. The van der Waals surface area contributed by atoms with Crippen molar-refractivity contribution in [3.05, 3.63) is 24.0 Å². The van der Waals surface area contributed by atoms with Gasteiger partial charge in [-0.2, -0.15) is 0 Å². The highest BCUT2D eigenvalue weighted by molar-refractivity contribution is 5.96. The van der Waals surface area contributed by atoms with Crippen LogP contribution in [0.4, 0.5) is 0 Å². The van der Waals surface area contributed by atoms with Gasteiger partial charge in [0.25, 0.3) is 5.91 Å². The molecule has 0 saturated carbocycles. The maximum atomic E-state index is 12.5. The van der Waals surface area contributed by atoms with Crippen molar-refractivity contribution in [3.63, 3.8) is 0 Å². The lowest BCUT2D eigenvalue weighted by molar-refractivity contribution is -0.171. The van der Waals surface area contributed by atoms with Crippen molar-refractivity contribution in [2.45, 2.75) is 38.9 Å². The van der Waals surface area contributed by atoms with E-state index in [1.165, 1.54) is 18.5 Å². The Morgan fingerprint density at radius 1 is 1.32 bits per heavy atom. The first kappa shape index (κ1) is 13.8. The Balaban J connectivity index is 2.27. The standard InChI is InChI=1S/C14H20N2O3/c1-13(2)8-16(9-14(3,4)19-13)12(18)10-5-6-15-7-11(10)17/h5-7,17H,8-9H2,1-4H3. The number of ether oxygens (including phenoxy) is 1. The van der Waals surface area contributed by atoms with E-state index in [1.807, 2.05) is 27.7 Å². The van der Waals surface area contributed by atoms with Gasteiger partial charge >= 0.3 is 0 Å². The van der Waals surface area contributed by atoms with Crippen LogP contribution in [0.15, 0.2) is 18.5 Å². The lowest BCUT2D eigenvalue weighted by atomic mass is 9.98. The highest BCUT2D eigenvalue weighted by Gasteiger charge is 2.40. The van der Waals surface area contributed by atoms with Gasteiger partial charge in [0.2, 0.25) is 0 Å². The summed E-state index contributed by atoms with van der Waals surface area (Å²) in [6, 6.07) is 1.53. The first-order valence-corrected chi connectivity index (χ1v) is 6.33. The predicted molar refractivity (Wildman–Crippen MR) is 71.0 cm³/mol. The molecule has 104 valence electrons. The lowest BCUT2D eigenvalue weighted by Crippen LogP contribution is -2.58. The van der Waals surface area contributed by atoms with Crippen LogP contribution in [0.25, 0.3) is 0 Å². The van der Waals surface area contributed by atoms with Crippen LogP contribution in [-0.2, 0) is 4.74 Å². The summed E-state index contributed by atoms with van der Waals surface area (Å²) in [5, 5.41) is 9.73. The number of carbonyl (C=O) groups excluding carboxylic acids is 1. The fourth-order valence-corrected chi connectivity index (χ4v) is 2.67. The van der Waals surface area contributed by atoms with Gasteiger partial charge in [-0.15, -0.1) is 0 Å². The molecule has 1 amide bonds. The van der Waals surface area contributed by atoms with E-state index in [2.05, 4.69) is 4.98 Å². The smallest absolute Gasteiger partial charge is 0.257 e. The number of nitrogens with zero attached hydrogens (tertiary/aromatic N) is 2. The number of amides is 1. The molecule has 1 fully saturated rings. The zero-order chi connectivity index (χ0) is 14.3. The summed E-state index contributed by atoms with van der Waals surface area (Å²) in [4.78, 5) is 18.0. The Bertz CT molecular complexity index is 481. The molecule has 0 bridgehead atoms. The van der Waals surface area contributed by atoms with Crippen molar-refractivity contribution in [3.8, 4) is 5.75 Å². The van der Waals surface area contributed by atoms with Gasteiger partial charge in [-0.25, -0.2) is 0 Å². The minimum atomic E-state index is -0.403. The third-order valence-electron chi connectivity index (χ3n) is 3.01. The first-order chi connectivity index (χ1) is 8.70. The van der Waals surface area contributed by atoms with E-state index in [-0.39, 0.29) is 17.2 Å². The van der Waals surface area contributed by atoms with Crippen LogP contribution >= 0.6 is 0 Å². The highest BCUT2D eigenvalue weighted by atomic mass is 16.5. The lowest BCUT2D eigenvalue weighted by Gasteiger charge is -2.47. The van der Waals surface area contributed by atoms with Crippen molar-refractivity contribution in [2.75, 3.05) is 13.1 Å². The van der Waals surface area contributed by atoms with Crippen LogP contribution in [0, 0.1) is 0 Å².